The van der Waals surface area contributed by atoms with Crippen LogP contribution in [-0.4, -0.2) is 6.07 Å². The molecule has 0 N–H and O–H groups in total. The smallest absolute Gasteiger partial charge is 0.162 e. The molecule has 0 aliphatic heterocycles. The molecular weight excluding hydrogens is 184 g/mol. The summed E-state index contributed by atoms with van der Waals surface area (Å²) in [4.78, 5) is 0. The summed E-state index contributed by atoms with van der Waals surface area (Å²) in [6, 6.07) is 14.3. The van der Waals surface area contributed by atoms with Gasteiger partial charge in [-0.15, -0.1) is 0 Å². The van der Waals surface area contributed by atoms with Gasteiger partial charge in [0.05, 0.1) is 0 Å². The highest BCUT2D eigenvalue weighted by atomic mass is 35.5. The Hall–Kier alpha value is -1.21. The molecule has 2 heteroatoms. The van der Waals surface area contributed by atoms with Crippen LogP contribution in [0.25, 0.3) is 10.8 Å². The fraction of sp³-hybridized carbons (Fsp3) is 0.0909. The molecule has 0 heterocycles. The molecule has 0 unspecified atom stereocenters. The summed E-state index contributed by atoms with van der Waals surface area (Å²) in [7, 11) is 0. The summed E-state index contributed by atoms with van der Waals surface area (Å²) in [5.41, 5.74) is 0. The molecule has 0 bridgehead atoms. The maximum atomic E-state index is 5.47. The molecular formula is C11H9ClO. The highest BCUT2D eigenvalue weighted by Crippen LogP contribution is 2.20. The van der Waals surface area contributed by atoms with Gasteiger partial charge in [0.25, 0.3) is 0 Å². The van der Waals surface area contributed by atoms with Gasteiger partial charge in [-0.3, -0.25) is 0 Å². The van der Waals surface area contributed by atoms with E-state index in [1.165, 1.54) is 10.8 Å². The lowest BCUT2D eigenvalue weighted by atomic mass is 10.1. The Kier molecular flexibility index (Phi) is 2.37. The summed E-state index contributed by atoms with van der Waals surface area (Å²) >= 11 is 5.47. The van der Waals surface area contributed by atoms with E-state index in [-0.39, 0.29) is 6.07 Å². The van der Waals surface area contributed by atoms with Gasteiger partial charge in [0.2, 0.25) is 0 Å². The third-order valence-electron chi connectivity index (χ3n) is 1.94. The van der Waals surface area contributed by atoms with Crippen LogP contribution in [0.3, 0.4) is 0 Å². The number of hydrogen-bond donors (Lipinski definition) is 0. The Morgan fingerprint density at radius 1 is 1.00 bits per heavy atom. The van der Waals surface area contributed by atoms with Crippen molar-refractivity contribution >= 4 is 22.4 Å². The maximum Gasteiger partial charge on any atom is 0.162 e. The Balaban J connectivity index is 2.49. The SMILES string of the molecule is ClCOc1ccc2ccccc2c1. The topological polar surface area (TPSA) is 9.23 Å². The van der Waals surface area contributed by atoms with E-state index in [2.05, 4.69) is 12.1 Å². The minimum absolute atomic E-state index is 0.193. The van der Waals surface area contributed by atoms with E-state index < -0.39 is 0 Å². The number of halogens is 1. The van der Waals surface area contributed by atoms with Crippen LogP contribution in [0.5, 0.6) is 5.75 Å². The third kappa shape index (κ3) is 1.76. The standard InChI is InChI=1S/C11H9ClO/c12-8-13-11-6-5-9-3-1-2-4-10(9)7-11/h1-7H,8H2. The zero-order chi connectivity index (χ0) is 9.10. The molecule has 0 amide bonds. The molecule has 0 aliphatic carbocycles. The van der Waals surface area contributed by atoms with Crippen molar-refractivity contribution in [1.29, 1.82) is 0 Å². The second-order valence-corrected chi connectivity index (χ2v) is 2.98. The first-order valence-electron chi connectivity index (χ1n) is 4.08. The molecule has 0 spiro atoms. The van der Waals surface area contributed by atoms with Crippen LogP contribution >= 0.6 is 11.6 Å². The van der Waals surface area contributed by atoms with E-state index in [1.54, 1.807) is 0 Å². The lowest BCUT2D eigenvalue weighted by Gasteiger charge is -2.02. The molecule has 0 saturated carbocycles. The molecule has 2 aromatic rings. The number of alkyl halides is 1. The molecule has 2 aromatic carbocycles. The lowest BCUT2D eigenvalue weighted by Crippen LogP contribution is -1.87. The van der Waals surface area contributed by atoms with Crippen molar-refractivity contribution in [3.8, 4) is 5.75 Å². The number of benzene rings is 2. The predicted octanol–water partition coefficient (Wildman–Crippen LogP) is 3.41. The van der Waals surface area contributed by atoms with E-state index in [4.69, 9.17) is 16.3 Å². The van der Waals surface area contributed by atoms with Crippen molar-refractivity contribution in [2.45, 2.75) is 0 Å². The molecule has 0 radical (unpaired) electrons. The van der Waals surface area contributed by atoms with Gasteiger partial charge in [-0.25, -0.2) is 0 Å². The average Bonchev–Trinajstić information content (AvgIpc) is 2.18. The lowest BCUT2D eigenvalue weighted by molar-refractivity contribution is 0.388. The second kappa shape index (κ2) is 3.67. The first kappa shape index (κ1) is 8.39. The van der Waals surface area contributed by atoms with Crippen LogP contribution in [0.4, 0.5) is 0 Å². The van der Waals surface area contributed by atoms with Crippen LogP contribution < -0.4 is 4.74 Å². The largest absolute Gasteiger partial charge is 0.478 e. The van der Waals surface area contributed by atoms with Crippen molar-refractivity contribution in [2.75, 3.05) is 6.07 Å². The van der Waals surface area contributed by atoms with E-state index >= 15 is 0 Å². The van der Waals surface area contributed by atoms with Crippen LogP contribution in [0.2, 0.25) is 0 Å². The number of hydrogen-bond acceptors (Lipinski definition) is 1. The fourth-order valence-corrected chi connectivity index (χ4v) is 1.45. The molecule has 0 aromatic heterocycles. The molecule has 66 valence electrons. The number of ether oxygens (including phenoxy) is 1. The minimum atomic E-state index is 0.193. The van der Waals surface area contributed by atoms with Crippen LogP contribution in [0.1, 0.15) is 0 Å². The summed E-state index contributed by atoms with van der Waals surface area (Å²) in [5, 5.41) is 2.38. The van der Waals surface area contributed by atoms with E-state index in [0.29, 0.717) is 0 Å². The zero-order valence-corrected chi connectivity index (χ0v) is 7.79. The van der Waals surface area contributed by atoms with Crippen molar-refractivity contribution in [3.63, 3.8) is 0 Å². The molecule has 0 aliphatic rings. The Bertz CT molecular complexity index is 412. The Labute approximate surface area is 81.9 Å². The molecule has 0 atom stereocenters. The van der Waals surface area contributed by atoms with Crippen molar-refractivity contribution in [3.05, 3.63) is 42.5 Å². The summed E-state index contributed by atoms with van der Waals surface area (Å²) in [6.45, 7) is 0. The van der Waals surface area contributed by atoms with Gasteiger partial charge >= 0.3 is 0 Å². The van der Waals surface area contributed by atoms with E-state index in [1.807, 2.05) is 30.3 Å². The normalized spacial score (nSPS) is 10.2. The monoisotopic (exact) mass is 192 g/mol. The molecule has 13 heavy (non-hydrogen) atoms. The number of fused-ring (bicyclic) bond motifs is 1. The summed E-state index contributed by atoms with van der Waals surface area (Å²) in [5.74, 6) is 0.814. The van der Waals surface area contributed by atoms with E-state index in [0.717, 1.165) is 5.75 Å². The highest BCUT2D eigenvalue weighted by molar-refractivity contribution is 6.17. The van der Waals surface area contributed by atoms with Crippen molar-refractivity contribution in [1.82, 2.24) is 0 Å². The first-order valence-corrected chi connectivity index (χ1v) is 4.61. The molecule has 0 fully saturated rings. The highest BCUT2D eigenvalue weighted by Gasteiger charge is 1.94. The summed E-state index contributed by atoms with van der Waals surface area (Å²) < 4.78 is 5.18. The Morgan fingerprint density at radius 3 is 2.54 bits per heavy atom. The van der Waals surface area contributed by atoms with Gasteiger partial charge < -0.3 is 4.74 Å². The summed E-state index contributed by atoms with van der Waals surface area (Å²) in [6.07, 6.45) is 0. The third-order valence-corrected chi connectivity index (χ3v) is 2.05. The van der Waals surface area contributed by atoms with Gasteiger partial charge in [0.15, 0.2) is 6.07 Å². The molecule has 2 rings (SSSR count). The maximum absolute atomic E-state index is 5.47. The van der Waals surface area contributed by atoms with Crippen LogP contribution in [0, 0.1) is 0 Å². The Morgan fingerprint density at radius 2 is 1.77 bits per heavy atom. The predicted molar refractivity (Wildman–Crippen MR) is 55.3 cm³/mol. The minimum Gasteiger partial charge on any atom is -0.478 e. The van der Waals surface area contributed by atoms with Gasteiger partial charge in [-0.1, -0.05) is 41.9 Å². The first-order chi connectivity index (χ1) is 6.40. The number of rotatable bonds is 2. The second-order valence-electron chi connectivity index (χ2n) is 2.76. The van der Waals surface area contributed by atoms with Crippen molar-refractivity contribution < 1.29 is 4.74 Å². The molecule has 1 nitrogen and oxygen atoms in total. The van der Waals surface area contributed by atoms with Gasteiger partial charge in [-0.2, -0.15) is 0 Å². The molecule has 0 saturated heterocycles. The quantitative estimate of drug-likeness (QED) is 0.663. The van der Waals surface area contributed by atoms with Gasteiger partial charge in [-0.05, 0) is 22.9 Å². The van der Waals surface area contributed by atoms with E-state index in [9.17, 15) is 0 Å². The fourth-order valence-electron chi connectivity index (χ4n) is 1.32. The van der Waals surface area contributed by atoms with Crippen LogP contribution in [0.15, 0.2) is 42.5 Å². The average molecular weight is 193 g/mol. The van der Waals surface area contributed by atoms with Crippen LogP contribution in [-0.2, 0) is 0 Å². The van der Waals surface area contributed by atoms with Crippen molar-refractivity contribution in [2.24, 2.45) is 0 Å². The van der Waals surface area contributed by atoms with Gasteiger partial charge in [0, 0.05) is 0 Å². The van der Waals surface area contributed by atoms with Gasteiger partial charge in [0.1, 0.15) is 5.75 Å². The zero-order valence-electron chi connectivity index (χ0n) is 7.03.